The molecule has 0 amide bonds. The molecule has 5 rings (SSSR count). The average Bonchev–Trinajstić information content (AvgIpc) is 3.15. The minimum absolute atomic E-state index is 0.174. The van der Waals surface area contributed by atoms with Gasteiger partial charge >= 0.3 is 5.97 Å². The average molecular weight is 389 g/mol. The Morgan fingerprint density at radius 1 is 1.10 bits per heavy atom. The third kappa shape index (κ3) is 3.24. The van der Waals surface area contributed by atoms with Gasteiger partial charge in [0, 0.05) is 42.7 Å². The van der Waals surface area contributed by atoms with Crippen LogP contribution in [-0.2, 0) is 28.0 Å². The minimum atomic E-state index is -0.299. The highest BCUT2D eigenvalue weighted by Gasteiger charge is 2.46. The highest BCUT2D eigenvalue weighted by molar-refractivity contribution is 5.87. The van der Waals surface area contributed by atoms with Crippen LogP contribution in [-0.4, -0.2) is 42.1 Å². The van der Waals surface area contributed by atoms with Gasteiger partial charge in [0.15, 0.2) is 0 Å². The van der Waals surface area contributed by atoms with Gasteiger partial charge in [-0.3, -0.25) is 15.0 Å². The number of fused-ring (bicyclic) bond motifs is 4. The molecule has 3 aromatic rings. The molecule has 0 radical (unpaired) electrons. The van der Waals surface area contributed by atoms with Crippen LogP contribution in [0.5, 0.6) is 0 Å². The first-order valence-electron chi connectivity index (χ1n) is 10.4. The zero-order chi connectivity index (χ0) is 19.8. The van der Waals surface area contributed by atoms with E-state index in [1.165, 1.54) is 29.3 Å². The van der Waals surface area contributed by atoms with Crippen LogP contribution in [0.25, 0.3) is 10.9 Å². The van der Waals surface area contributed by atoms with Gasteiger partial charge in [0.25, 0.3) is 0 Å². The normalized spacial score (nSPS) is 21.2. The highest BCUT2D eigenvalue weighted by atomic mass is 16.5. The second-order valence-corrected chi connectivity index (χ2v) is 8.29. The lowest BCUT2D eigenvalue weighted by atomic mass is 9.77. The number of methoxy groups -OCH3 is 1. The molecule has 0 aliphatic carbocycles. The van der Waals surface area contributed by atoms with Crippen LogP contribution in [0.3, 0.4) is 0 Å². The molecule has 1 spiro atoms. The first kappa shape index (κ1) is 18.4. The minimum Gasteiger partial charge on any atom is -0.468 e. The lowest BCUT2D eigenvalue weighted by Crippen LogP contribution is -2.59. The summed E-state index contributed by atoms with van der Waals surface area (Å²) >= 11 is 0. The Hall–Kier alpha value is -2.63. The van der Waals surface area contributed by atoms with E-state index in [1.54, 1.807) is 0 Å². The van der Waals surface area contributed by atoms with Gasteiger partial charge in [0.05, 0.1) is 12.6 Å². The van der Waals surface area contributed by atoms with E-state index in [-0.39, 0.29) is 17.6 Å². The third-order valence-electron chi connectivity index (χ3n) is 6.60. The number of nitrogens with one attached hydrogen (secondary N) is 2. The van der Waals surface area contributed by atoms with Gasteiger partial charge in [-0.05, 0) is 30.0 Å². The van der Waals surface area contributed by atoms with E-state index < -0.39 is 0 Å². The first-order valence-corrected chi connectivity index (χ1v) is 10.4. The predicted molar refractivity (Wildman–Crippen MR) is 114 cm³/mol. The molecule has 1 fully saturated rings. The van der Waals surface area contributed by atoms with Gasteiger partial charge in [-0.15, -0.1) is 0 Å². The van der Waals surface area contributed by atoms with Gasteiger partial charge in [-0.25, -0.2) is 0 Å². The number of likely N-dealkylation sites (tertiary alicyclic amines) is 1. The summed E-state index contributed by atoms with van der Waals surface area (Å²) in [4.78, 5) is 18.7. The molecule has 3 heterocycles. The molecule has 1 saturated heterocycles. The van der Waals surface area contributed by atoms with Crippen molar-refractivity contribution in [2.24, 2.45) is 0 Å². The van der Waals surface area contributed by atoms with Crippen molar-refractivity contribution in [1.82, 2.24) is 15.2 Å². The molecule has 2 aliphatic heterocycles. The van der Waals surface area contributed by atoms with Gasteiger partial charge in [-0.2, -0.15) is 0 Å². The number of hydrogen-bond acceptors (Lipinski definition) is 4. The van der Waals surface area contributed by atoms with Crippen molar-refractivity contribution in [3.8, 4) is 0 Å². The van der Waals surface area contributed by atoms with Crippen molar-refractivity contribution in [3.63, 3.8) is 0 Å². The second-order valence-electron chi connectivity index (χ2n) is 8.29. The Bertz CT molecular complexity index is 1020. The Labute approximate surface area is 171 Å². The number of carbonyl (C=O) groups is 1. The predicted octanol–water partition coefficient (Wildman–Crippen LogP) is 3.35. The summed E-state index contributed by atoms with van der Waals surface area (Å²) < 4.78 is 5.11. The van der Waals surface area contributed by atoms with Crippen molar-refractivity contribution in [2.75, 3.05) is 20.2 Å². The van der Waals surface area contributed by atoms with E-state index in [2.05, 4.69) is 69.8 Å². The number of rotatable bonds is 3. The molecular formula is C24H27N3O2. The topological polar surface area (TPSA) is 57.4 Å². The number of para-hydroxylation sites is 1. The smallest absolute Gasteiger partial charge is 0.323 e. The van der Waals surface area contributed by atoms with Gasteiger partial charge in [0.2, 0.25) is 0 Å². The molecule has 1 aromatic heterocycles. The number of piperidine rings is 1. The zero-order valence-electron chi connectivity index (χ0n) is 16.8. The molecule has 2 aromatic carbocycles. The lowest BCUT2D eigenvalue weighted by molar-refractivity contribution is -0.144. The molecule has 29 heavy (non-hydrogen) atoms. The fraction of sp³-hybridized carbons (Fsp3) is 0.375. The standard InChI is InChI=1S/C24H27N3O2/c1-29-23(28)21-15-19-18-9-5-6-10-20(18)25-22(19)24(26-21)11-13-27(14-12-24)16-17-7-3-2-4-8-17/h2-10,21,25-26H,11-16H2,1H3/t21-/m0/s1. The SMILES string of the molecule is COC(=O)[C@@H]1Cc2c([nH]c3ccccc23)C2(CCN(Cc3ccccc3)CC2)N1. The molecule has 2 aliphatic rings. The van der Waals surface area contributed by atoms with Crippen LogP contribution < -0.4 is 5.32 Å². The summed E-state index contributed by atoms with van der Waals surface area (Å²) in [6.45, 7) is 2.95. The number of hydrogen-bond donors (Lipinski definition) is 2. The number of aromatic nitrogens is 1. The molecule has 5 heteroatoms. The van der Waals surface area contributed by atoms with Crippen LogP contribution in [0.2, 0.25) is 0 Å². The molecule has 150 valence electrons. The fourth-order valence-electron chi connectivity index (χ4n) is 5.09. The first-order chi connectivity index (χ1) is 14.2. The summed E-state index contributed by atoms with van der Waals surface area (Å²) in [5.41, 5.74) is 4.82. The highest BCUT2D eigenvalue weighted by Crippen LogP contribution is 2.41. The van der Waals surface area contributed by atoms with Crippen LogP contribution in [0, 0.1) is 0 Å². The van der Waals surface area contributed by atoms with Crippen molar-refractivity contribution >= 4 is 16.9 Å². The number of aromatic amines is 1. The van der Waals surface area contributed by atoms with Gasteiger partial charge in [-0.1, -0.05) is 48.5 Å². The largest absolute Gasteiger partial charge is 0.468 e. The second kappa shape index (κ2) is 7.32. The Morgan fingerprint density at radius 3 is 2.59 bits per heavy atom. The van der Waals surface area contributed by atoms with Crippen LogP contribution in [0.1, 0.15) is 29.7 Å². The molecule has 1 atom stereocenters. The van der Waals surface area contributed by atoms with E-state index in [9.17, 15) is 4.79 Å². The monoisotopic (exact) mass is 389 g/mol. The van der Waals surface area contributed by atoms with Crippen LogP contribution in [0.4, 0.5) is 0 Å². The van der Waals surface area contributed by atoms with Crippen LogP contribution in [0.15, 0.2) is 54.6 Å². The van der Waals surface area contributed by atoms with Crippen molar-refractivity contribution in [3.05, 3.63) is 71.4 Å². The number of benzene rings is 2. The molecular weight excluding hydrogens is 362 g/mol. The Balaban J connectivity index is 1.45. The summed E-state index contributed by atoms with van der Waals surface area (Å²) in [5.74, 6) is -0.174. The summed E-state index contributed by atoms with van der Waals surface area (Å²) in [6, 6.07) is 18.7. The Kier molecular flexibility index (Phi) is 4.64. The van der Waals surface area contributed by atoms with E-state index in [0.717, 1.165) is 38.0 Å². The zero-order valence-corrected chi connectivity index (χ0v) is 16.8. The molecule has 0 saturated carbocycles. The summed E-state index contributed by atoms with van der Waals surface area (Å²) in [7, 11) is 1.48. The number of H-pyrrole nitrogens is 1. The Morgan fingerprint density at radius 2 is 1.83 bits per heavy atom. The van der Waals surface area contributed by atoms with Crippen LogP contribution >= 0.6 is 0 Å². The van der Waals surface area contributed by atoms with E-state index in [0.29, 0.717) is 6.42 Å². The molecule has 2 N–H and O–H groups in total. The maximum Gasteiger partial charge on any atom is 0.323 e. The lowest BCUT2D eigenvalue weighted by Gasteiger charge is -2.46. The fourth-order valence-corrected chi connectivity index (χ4v) is 5.09. The maximum atomic E-state index is 12.5. The number of carbonyl (C=O) groups excluding carboxylic acids is 1. The number of nitrogens with zero attached hydrogens (tertiary/aromatic N) is 1. The molecule has 0 bridgehead atoms. The summed E-state index contributed by atoms with van der Waals surface area (Å²) in [6.07, 6.45) is 2.60. The maximum absolute atomic E-state index is 12.5. The van der Waals surface area contributed by atoms with Gasteiger partial charge in [0.1, 0.15) is 6.04 Å². The van der Waals surface area contributed by atoms with Crippen molar-refractivity contribution < 1.29 is 9.53 Å². The van der Waals surface area contributed by atoms with E-state index in [1.807, 2.05) is 0 Å². The third-order valence-corrected chi connectivity index (χ3v) is 6.60. The van der Waals surface area contributed by atoms with E-state index in [4.69, 9.17) is 4.74 Å². The van der Waals surface area contributed by atoms with Crippen molar-refractivity contribution in [1.29, 1.82) is 0 Å². The number of esters is 1. The summed E-state index contributed by atoms with van der Waals surface area (Å²) in [5, 5.41) is 4.91. The quantitative estimate of drug-likeness (QED) is 0.675. The number of ether oxygens (including phenoxy) is 1. The molecule has 5 nitrogen and oxygen atoms in total. The van der Waals surface area contributed by atoms with E-state index >= 15 is 0 Å². The van der Waals surface area contributed by atoms with Gasteiger partial charge < -0.3 is 9.72 Å². The molecule has 0 unspecified atom stereocenters. The van der Waals surface area contributed by atoms with Crippen molar-refractivity contribution in [2.45, 2.75) is 37.4 Å².